The first-order valence-electron chi connectivity index (χ1n) is 9.91. The zero-order valence-electron chi connectivity index (χ0n) is 17.1. The third-order valence-corrected chi connectivity index (χ3v) is 5.86. The van der Waals surface area contributed by atoms with Crippen molar-refractivity contribution in [1.29, 1.82) is 0 Å². The van der Waals surface area contributed by atoms with Gasteiger partial charge in [0.2, 0.25) is 0 Å². The highest BCUT2D eigenvalue weighted by molar-refractivity contribution is 7.82. The highest BCUT2D eigenvalue weighted by Gasteiger charge is 2.32. The number of carbonyl (C=O) groups excluding carboxylic acids is 1. The van der Waals surface area contributed by atoms with E-state index in [1.165, 1.54) is 18.4 Å². The summed E-state index contributed by atoms with van der Waals surface area (Å²) in [6, 6.07) is 14.0. The number of rotatable bonds is 8. The summed E-state index contributed by atoms with van der Waals surface area (Å²) in [5, 5.41) is 10.0. The van der Waals surface area contributed by atoms with Crippen molar-refractivity contribution in [2.45, 2.75) is 38.0 Å². The van der Waals surface area contributed by atoms with Crippen molar-refractivity contribution in [3.63, 3.8) is 0 Å². The van der Waals surface area contributed by atoms with Gasteiger partial charge in [-0.3, -0.25) is 0 Å². The molecule has 1 heterocycles. The number of nitrogens with one attached hydrogen (secondary N) is 1. The molecule has 3 rings (SSSR count). The molecule has 1 aliphatic heterocycles. The number of ether oxygens (including phenoxy) is 1. The lowest BCUT2D eigenvalue weighted by atomic mass is 10.00. The molecule has 1 saturated heterocycles. The Bertz CT molecular complexity index is 876. The summed E-state index contributed by atoms with van der Waals surface area (Å²) >= 11 is 0. The molecule has 0 saturated carbocycles. The summed E-state index contributed by atoms with van der Waals surface area (Å²) in [7, 11) is -1.19. The molecule has 2 aromatic rings. The fourth-order valence-corrected chi connectivity index (χ4v) is 3.97. The van der Waals surface area contributed by atoms with Crippen molar-refractivity contribution in [3.8, 4) is 11.1 Å². The Labute approximate surface area is 178 Å². The van der Waals surface area contributed by atoms with Gasteiger partial charge < -0.3 is 14.7 Å². The Kier molecular flexibility index (Phi) is 7.58. The van der Waals surface area contributed by atoms with Gasteiger partial charge in [0.05, 0.1) is 23.1 Å². The van der Waals surface area contributed by atoms with Crippen LogP contribution in [0.3, 0.4) is 0 Å². The average molecular weight is 435 g/mol. The van der Waals surface area contributed by atoms with Gasteiger partial charge in [-0.15, -0.1) is 0 Å². The minimum absolute atomic E-state index is 0.158. The first kappa shape index (κ1) is 22.4. The topological polar surface area (TPSA) is 78.9 Å². The van der Waals surface area contributed by atoms with Gasteiger partial charge in [0.15, 0.2) is 0 Å². The lowest BCUT2D eigenvalue weighted by Gasteiger charge is -2.36. The van der Waals surface area contributed by atoms with Gasteiger partial charge in [-0.1, -0.05) is 36.4 Å². The van der Waals surface area contributed by atoms with Crippen LogP contribution in [0.1, 0.15) is 31.4 Å². The van der Waals surface area contributed by atoms with Crippen molar-refractivity contribution in [2.24, 2.45) is 0 Å². The average Bonchev–Trinajstić information content (AvgIpc) is 2.73. The van der Waals surface area contributed by atoms with Crippen LogP contribution >= 0.6 is 0 Å². The molecule has 0 spiro atoms. The maximum Gasteiger partial charge on any atom is 0.410 e. The molecule has 0 radical (unpaired) electrons. The maximum atomic E-state index is 13.1. The van der Waals surface area contributed by atoms with E-state index in [1.807, 2.05) is 31.2 Å². The van der Waals surface area contributed by atoms with Crippen molar-refractivity contribution in [3.05, 3.63) is 59.9 Å². The standard InChI is InChI=1S/C22H27FN2O4S/c1-15(16-3-5-17(6-4-16)18-7-9-19(23)10-8-18)25-12-11-21(29-22(25)27)13-20(26)14-24-30(2)28/h3-10,15,20-21,24,26H,11-14H2,1-2H3. The van der Waals surface area contributed by atoms with E-state index < -0.39 is 23.2 Å². The van der Waals surface area contributed by atoms with E-state index in [2.05, 4.69) is 4.72 Å². The number of nitrogens with zero attached hydrogens (tertiary/aromatic N) is 1. The fourth-order valence-electron chi connectivity index (χ4n) is 3.54. The second-order valence-electron chi connectivity index (χ2n) is 7.48. The molecule has 1 amide bonds. The van der Waals surface area contributed by atoms with Gasteiger partial charge in [-0.2, -0.15) is 0 Å². The van der Waals surface area contributed by atoms with E-state index in [0.717, 1.165) is 16.7 Å². The lowest BCUT2D eigenvalue weighted by molar-refractivity contribution is -0.00758. The molecule has 0 aliphatic carbocycles. The Balaban J connectivity index is 1.57. The van der Waals surface area contributed by atoms with E-state index >= 15 is 0 Å². The van der Waals surface area contributed by atoms with Crippen molar-refractivity contribution in [2.75, 3.05) is 19.3 Å². The van der Waals surface area contributed by atoms with Crippen LogP contribution in [-0.4, -0.2) is 51.9 Å². The smallest absolute Gasteiger partial charge is 0.410 e. The van der Waals surface area contributed by atoms with Crippen LogP contribution in [0.15, 0.2) is 48.5 Å². The summed E-state index contributed by atoms with van der Waals surface area (Å²) in [4.78, 5) is 14.2. The Morgan fingerprint density at radius 3 is 2.37 bits per heavy atom. The molecule has 4 atom stereocenters. The van der Waals surface area contributed by atoms with Crippen molar-refractivity contribution in [1.82, 2.24) is 9.62 Å². The first-order chi connectivity index (χ1) is 14.3. The van der Waals surface area contributed by atoms with Gasteiger partial charge >= 0.3 is 6.09 Å². The van der Waals surface area contributed by atoms with E-state index in [1.54, 1.807) is 17.0 Å². The monoisotopic (exact) mass is 434 g/mol. The number of aliphatic hydroxyl groups is 1. The normalized spacial score (nSPS) is 19.8. The molecule has 2 aromatic carbocycles. The van der Waals surface area contributed by atoms with Gasteiger partial charge in [-0.05, 0) is 35.7 Å². The van der Waals surface area contributed by atoms with Crippen LogP contribution in [0.4, 0.5) is 9.18 Å². The predicted molar refractivity (Wildman–Crippen MR) is 115 cm³/mol. The van der Waals surface area contributed by atoms with Gasteiger partial charge in [0.25, 0.3) is 0 Å². The van der Waals surface area contributed by atoms with Gasteiger partial charge in [0, 0.05) is 32.2 Å². The minimum Gasteiger partial charge on any atom is -0.446 e. The first-order valence-corrected chi connectivity index (χ1v) is 11.5. The molecule has 30 heavy (non-hydrogen) atoms. The third-order valence-electron chi connectivity index (χ3n) is 5.29. The van der Waals surface area contributed by atoms with Gasteiger partial charge in [-0.25, -0.2) is 18.1 Å². The van der Waals surface area contributed by atoms with Gasteiger partial charge in [0.1, 0.15) is 11.9 Å². The Hall–Kier alpha value is -2.29. The molecule has 0 bridgehead atoms. The van der Waals surface area contributed by atoms with Crippen LogP contribution in [0.25, 0.3) is 11.1 Å². The molecule has 162 valence electrons. The van der Waals surface area contributed by atoms with E-state index in [-0.39, 0.29) is 24.5 Å². The molecule has 8 heteroatoms. The summed E-state index contributed by atoms with van der Waals surface area (Å²) in [5.41, 5.74) is 2.88. The number of cyclic esters (lactones) is 1. The number of hydrogen-bond donors (Lipinski definition) is 2. The van der Waals surface area contributed by atoms with Crippen LogP contribution in [0.2, 0.25) is 0 Å². The molecule has 2 N–H and O–H groups in total. The van der Waals surface area contributed by atoms with Crippen LogP contribution in [0, 0.1) is 5.82 Å². The number of amides is 1. The molecule has 0 aromatic heterocycles. The summed E-state index contributed by atoms with van der Waals surface area (Å²) in [5.74, 6) is -0.268. The number of hydrogen-bond acceptors (Lipinski definition) is 4. The molecule has 4 unspecified atom stereocenters. The summed E-state index contributed by atoms with van der Waals surface area (Å²) in [6.45, 7) is 2.67. The number of carbonyl (C=O) groups is 1. The molecular formula is C22H27FN2O4S. The molecular weight excluding hydrogens is 407 g/mol. The number of halogens is 1. The fraction of sp³-hybridized carbons (Fsp3) is 0.409. The molecule has 6 nitrogen and oxygen atoms in total. The Morgan fingerprint density at radius 2 is 1.80 bits per heavy atom. The summed E-state index contributed by atoms with van der Waals surface area (Å²) in [6.07, 6.45) is 0.943. The van der Waals surface area contributed by atoms with Crippen LogP contribution in [0.5, 0.6) is 0 Å². The second kappa shape index (κ2) is 10.1. The third kappa shape index (κ3) is 5.87. The molecule has 1 fully saturated rings. The number of aliphatic hydroxyl groups excluding tert-OH is 1. The van der Waals surface area contributed by atoms with E-state index in [4.69, 9.17) is 4.74 Å². The zero-order chi connectivity index (χ0) is 21.7. The second-order valence-corrected chi connectivity index (χ2v) is 8.68. The highest BCUT2D eigenvalue weighted by atomic mass is 32.2. The predicted octanol–water partition coefficient (Wildman–Crippen LogP) is 3.40. The minimum atomic E-state index is -1.19. The number of benzene rings is 2. The highest BCUT2D eigenvalue weighted by Crippen LogP contribution is 2.28. The van der Waals surface area contributed by atoms with Crippen LogP contribution in [-0.2, 0) is 15.7 Å². The SMILES string of the molecule is CC(c1ccc(-c2ccc(F)cc2)cc1)N1CCC(CC(O)CNS(C)=O)OC1=O. The maximum absolute atomic E-state index is 13.1. The van der Waals surface area contributed by atoms with Crippen molar-refractivity contribution < 1.29 is 23.2 Å². The van der Waals surface area contributed by atoms with E-state index in [9.17, 15) is 18.5 Å². The Morgan fingerprint density at radius 1 is 1.20 bits per heavy atom. The lowest BCUT2D eigenvalue weighted by Crippen LogP contribution is -2.44. The van der Waals surface area contributed by atoms with Crippen LogP contribution < -0.4 is 4.72 Å². The summed E-state index contributed by atoms with van der Waals surface area (Å²) < 4.78 is 32.3. The largest absolute Gasteiger partial charge is 0.446 e. The quantitative estimate of drug-likeness (QED) is 0.668. The molecule has 1 aliphatic rings. The zero-order valence-corrected chi connectivity index (χ0v) is 17.9. The van der Waals surface area contributed by atoms with E-state index in [0.29, 0.717) is 19.4 Å². The van der Waals surface area contributed by atoms with Crippen molar-refractivity contribution >= 4 is 17.1 Å².